The Labute approximate surface area is 74.8 Å². The standard InChI is InChI=1S/C7H10N2O2S/c1-4(2)11-7(10)6-8-5(3)9-12-6/h4H,1-3H3. The number of nitrogens with zero attached hydrogens (tertiary/aromatic N) is 2. The van der Waals surface area contributed by atoms with E-state index in [1.165, 1.54) is 0 Å². The van der Waals surface area contributed by atoms with Crippen LogP contribution in [0.3, 0.4) is 0 Å². The Bertz CT molecular complexity index is 283. The van der Waals surface area contributed by atoms with Crippen LogP contribution in [0.25, 0.3) is 0 Å². The van der Waals surface area contributed by atoms with Crippen LogP contribution in [-0.2, 0) is 4.74 Å². The van der Waals surface area contributed by atoms with Gasteiger partial charge in [0, 0.05) is 0 Å². The summed E-state index contributed by atoms with van der Waals surface area (Å²) in [6.07, 6.45) is -0.110. The number of carbonyl (C=O) groups excluding carboxylic acids is 1. The average Bonchev–Trinajstić information content (AvgIpc) is 2.34. The highest BCUT2D eigenvalue weighted by atomic mass is 32.1. The lowest BCUT2D eigenvalue weighted by atomic mass is 10.5. The minimum absolute atomic E-state index is 0.110. The molecule has 5 heteroatoms. The molecule has 0 N–H and O–H groups in total. The van der Waals surface area contributed by atoms with Crippen LogP contribution in [0.2, 0.25) is 0 Å². The van der Waals surface area contributed by atoms with Crippen molar-refractivity contribution in [1.29, 1.82) is 0 Å². The molecule has 1 aromatic rings. The second-order valence-corrected chi connectivity index (χ2v) is 3.35. The second kappa shape index (κ2) is 3.62. The van der Waals surface area contributed by atoms with Crippen LogP contribution < -0.4 is 0 Å². The van der Waals surface area contributed by atoms with E-state index in [1.54, 1.807) is 20.8 Å². The van der Waals surface area contributed by atoms with Crippen molar-refractivity contribution in [3.05, 3.63) is 10.8 Å². The van der Waals surface area contributed by atoms with E-state index in [0.717, 1.165) is 11.5 Å². The van der Waals surface area contributed by atoms with Gasteiger partial charge in [0.2, 0.25) is 5.01 Å². The summed E-state index contributed by atoms with van der Waals surface area (Å²) in [5.41, 5.74) is 0. The number of esters is 1. The molecule has 4 nitrogen and oxygen atoms in total. The van der Waals surface area contributed by atoms with Crippen molar-refractivity contribution in [3.63, 3.8) is 0 Å². The molecule has 1 rings (SSSR count). The van der Waals surface area contributed by atoms with E-state index >= 15 is 0 Å². The minimum atomic E-state index is -0.393. The quantitative estimate of drug-likeness (QED) is 0.655. The van der Waals surface area contributed by atoms with Gasteiger partial charge >= 0.3 is 5.97 Å². The molecular formula is C7H10N2O2S. The number of hydrogen-bond donors (Lipinski definition) is 0. The fourth-order valence-corrected chi connectivity index (χ4v) is 1.20. The number of ether oxygens (including phenoxy) is 1. The summed E-state index contributed by atoms with van der Waals surface area (Å²) in [7, 11) is 0. The Morgan fingerprint density at radius 1 is 1.58 bits per heavy atom. The highest BCUT2D eigenvalue weighted by molar-refractivity contribution is 7.07. The van der Waals surface area contributed by atoms with Gasteiger partial charge in [-0.25, -0.2) is 9.78 Å². The highest BCUT2D eigenvalue weighted by Gasteiger charge is 2.13. The van der Waals surface area contributed by atoms with Crippen molar-refractivity contribution in [1.82, 2.24) is 9.36 Å². The molecule has 0 aliphatic carbocycles. The number of hydrogen-bond acceptors (Lipinski definition) is 5. The first-order valence-electron chi connectivity index (χ1n) is 3.61. The SMILES string of the molecule is Cc1nsc(C(=O)OC(C)C)n1. The molecule has 0 saturated carbocycles. The summed E-state index contributed by atoms with van der Waals surface area (Å²) in [6.45, 7) is 5.33. The Balaban J connectivity index is 2.65. The molecule has 0 aliphatic rings. The zero-order valence-corrected chi connectivity index (χ0v) is 8.01. The third kappa shape index (κ3) is 2.27. The van der Waals surface area contributed by atoms with E-state index in [9.17, 15) is 4.79 Å². The Hall–Kier alpha value is -0.970. The minimum Gasteiger partial charge on any atom is -0.458 e. The predicted molar refractivity (Wildman–Crippen MR) is 45.2 cm³/mol. The summed E-state index contributed by atoms with van der Waals surface area (Å²) in [4.78, 5) is 15.1. The largest absolute Gasteiger partial charge is 0.458 e. The van der Waals surface area contributed by atoms with Gasteiger partial charge in [0.1, 0.15) is 5.82 Å². The first kappa shape index (κ1) is 9.12. The molecular weight excluding hydrogens is 176 g/mol. The average molecular weight is 186 g/mol. The third-order valence-corrected chi connectivity index (χ3v) is 1.83. The second-order valence-electron chi connectivity index (χ2n) is 2.60. The van der Waals surface area contributed by atoms with Gasteiger partial charge < -0.3 is 4.74 Å². The topological polar surface area (TPSA) is 52.1 Å². The van der Waals surface area contributed by atoms with Crippen molar-refractivity contribution in [3.8, 4) is 0 Å². The number of rotatable bonds is 2. The molecule has 0 unspecified atom stereocenters. The molecule has 12 heavy (non-hydrogen) atoms. The van der Waals surface area contributed by atoms with Gasteiger partial charge in [0.15, 0.2) is 0 Å². The number of carbonyl (C=O) groups is 1. The van der Waals surface area contributed by atoms with Crippen molar-refractivity contribution in [2.75, 3.05) is 0 Å². The van der Waals surface area contributed by atoms with Crippen molar-refractivity contribution in [2.24, 2.45) is 0 Å². The summed E-state index contributed by atoms with van der Waals surface area (Å²) in [5, 5.41) is 0.321. The summed E-state index contributed by atoms with van der Waals surface area (Å²) >= 11 is 1.06. The van der Waals surface area contributed by atoms with Crippen LogP contribution in [0.4, 0.5) is 0 Å². The van der Waals surface area contributed by atoms with Crippen LogP contribution in [0.15, 0.2) is 0 Å². The maximum absolute atomic E-state index is 11.2. The molecule has 66 valence electrons. The van der Waals surface area contributed by atoms with Crippen molar-refractivity contribution in [2.45, 2.75) is 26.9 Å². The monoisotopic (exact) mass is 186 g/mol. The zero-order chi connectivity index (χ0) is 9.14. The lowest BCUT2D eigenvalue weighted by Gasteiger charge is -2.03. The van der Waals surface area contributed by atoms with E-state index in [1.807, 2.05) is 0 Å². The van der Waals surface area contributed by atoms with Crippen LogP contribution in [0, 0.1) is 6.92 Å². The third-order valence-electron chi connectivity index (χ3n) is 1.04. The molecule has 0 spiro atoms. The van der Waals surface area contributed by atoms with E-state index in [-0.39, 0.29) is 6.10 Å². The van der Waals surface area contributed by atoms with Crippen molar-refractivity contribution < 1.29 is 9.53 Å². The van der Waals surface area contributed by atoms with E-state index in [0.29, 0.717) is 10.8 Å². The van der Waals surface area contributed by atoms with Gasteiger partial charge in [-0.15, -0.1) is 0 Å². The smallest absolute Gasteiger partial charge is 0.369 e. The first-order chi connectivity index (χ1) is 5.59. The number of aryl methyl sites for hydroxylation is 1. The van der Waals surface area contributed by atoms with Gasteiger partial charge in [-0.3, -0.25) is 0 Å². The fraction of sp³-hybridized carbons (Fsp3) is 0.571. The van der Waals surface area contributed by atoms with Crippen molar-refractivity contribution >= 4 is 17.5 Å². The Kier molecular flexibility index (Phi) is 2.75. The summed E-state index contributed by atoms with van der Waals surface area (Å²) < 4.78 is 8.79. The first-order valence-corrected chi connectivity index (χ1v) is 4.38. The maximum atomic E-state index is 11.2. The molecule has 1 heterocycles. The molecule has 0 bridgehead atoms. The Morgan fingerprint density at radius 2 is 2.25 bits per heavy atom. The normalized spacial score (nSPS) is 10.3. The maximum Gasteiger partial charge on any atom is 0.369 e. The molecule has 0 aliphatic heterocycles. The van der Waals surface area contributed by atoms with Gasteiger partial charge in [-0.05, 0) is 32.3 Å². The van der Waals surface area contributed by atoms with Gasteiger partial charge in [0.25, 0.3) is 0 Å². The Morgan fingerprint density at radius 3 is 2.67 bits per heavy atom. The van der Waals surface area contributed by atoms with Crippen LogP contribution in [0.5, 0.6) is 0 Å². The lowest BCUT2D eigenvalue weighted by Crippen LogP contribution is -2.11. The van der Waals surface area contributed by atoms with Gasteiger partial charge in [-0.2, -0.15) is 4.37 Å². The molecule has 0 atom stereocenters. The number of aromatic nitrogens is 2. The van der Waals surface area contributed by atoms with Crippen LogP contribution >= 0.6 is 11.5 Å². The molecule has 0 aromatic carbocycles. The molecule has 0 fully saturated rings. The van der Waals surface area contributed by atoms with Crippen LogP contribution in [-0.4, -0.2) is 21.4 Å². The van der Waals surface area contributed by atoms with E-state index in [2.05, 4.69) is 9.36 Å². The molecule has 1 aromatic heterocycles. The summed E-state index contributed by atoms with van der Waals surface area (Å²) in [5.74, 6) is 0.214. The van der Waals surface area contributed by atoms with Gasteiger partial charge in [0.05, 0.1) is 6.10 Å². The molecule has 0 radical (unpaired) electrons. The highest BCUT2D eigenvalue weighted by Crippen LogP contribution is 2.06. The molecule has 0 amide bonds. The lowest BCUT2D eigenvalue weighted by molar-refractivity contribution is 0.0377. The predicted octanol–water partition coefficient (Wildman–Crippen LogP) is 1.41. The summed E-state index contributed by atoms with van der Waals surface area (Å²) in [6, 6.07) is 0. The van der Waals surface area contributed by atoms with Gasteiger partial charge in [-0.1, -0.05) is 0 Å². The molecule has 0 saturated heterocycles. The van der Waals surface area contributed by atoms with E-state index < -0.39 is 5.97 Å². The zero-order valence-electron chi connectivity index (χ0n) is 7.20. The fourth-order valence-electron chi connectivity index (χ4n) is 0.644. The van der Waals surface area contributed by atoms with Crippen LogP contribution in [0.1, 0.15) is 29.5 Å². The van der Waals surface area contributed by atoms with E-state index in [4.69, 9.17) is 4.74 Å².